The van der Waals surface area contributed by atoms with Crippen molar-refractivity contribution in [2.75, 3.05) is 12.3 Å². The molecule has 0 unspecified atom stereocenters. The molecule has 1 amide bonds. The Morgan fingerprint density at radius 3 is 2.91 bits per heavy atom. The van der Waals surface area contributed by atoms with Crippen molar-refractivity contribution < 1.29 is 4.79 Å². The van der Waals surface area contributed by atoms with Gasteiger partial charge >= 0.3 is 0 Å². The lowest BCUT2D eigenvalue weighted by atomic mass is 10.1. The van der Waals surface area contributed by atoms with E-state index in [0.29, 0.717) is 18.4 Å². The van der Waals surface area contributed by atoms with Crippen molar-refractivity contribution in [2.45, 2.75) is 36.6 Å². The van der Waals surface area contributed by atoms with Crippen molar-refractivity contribution in [3.63, 3.8) is 0 Å². The topological polar surface area (TPSA) is 20.3 Å². The van der Waals surface area contributed by atoms with Gasteiger partial charge in [0, 0.05) is 17.9 Å². The molecule has 2 heterocycles. The van der Waals surface area contributed by atoms with Crippen molar-refractivity contribution in [3.8, 4) is 0 Å². The summed E-state index contributed by atoms with van der Waals surface area (Å²) >= 11 is 3.55. The van der Waals surface area contributed by atoms with Crippen molar-refractivity contribution >= 4 is 29.0 Å². The quantitative estimate of drug-likeness (QED) is 0.549. The zero-order chi connectivity index (χ0) is 15.2. The smallest absolute Gasteiger partial charge is 0.223 e. The third-order valence-electron chi connectivity index (χ3n) is 4.05. The molecule has 1 atom stereocenters. The first-order chi connectivity index (χ1) is 10.8. The molecule has 1 aliphatic heterocycles. The van der Waals surface area contributed by atoms with Crippen LogP contribution >= 0.6 is 23.1 Å². The van der Waals surface area contributed by atoms with Crippen LogP contribution in [0.2, 0.25) is 0 Å². The molecule has 1 saturated heterocycles. The second-order valence-electron chi connectivity index (χ2n) is 5.57. The van der Waals surface area contributed by atoms with E-state index in [9.17, 15) is 4.79 Å². The molecular weight excluding hydrogens is 310 g/mol. The first-order valence-corrected chi connectivity index (χ1v) is 9.77. The average molecular weight is 332 g/mol. The van der Waals surface area contributed by atoms with Gasteiger partial charge in [0.2, 0.25) is 5.91 Å². The summed E-state index contributed by atoms with van der Waals surface area (Å²) in [5.41, 5.74) is 1.31. The summed E-state index contributed by atoms with van der Waals surface area (Å²) in [4.78, 5) is 15.9. The summed E-state index contributed by atoms with van der Waals surface area (Å²) in [6.45, 7) is 0.922. The van der Waals surface area contributed by atoms with Gasteiger partial charge in [0.1, 0.15) is 0 Å². The minimum absolute atomic E-state index is 0.320. The van der Waals surface area contributed by atoms with Crippen LogP contribution in [0.25, 0.3) is 0 Å². The largest absolute Gasteiger partial charge is 0.336 e. The Labute approximate surface area is 140 Å². The van der Waals surface area contributed by atoms with E-state index in [0.717, 1.165) is 31.6 Å². The predicted octanol–water partition coefficient (Wildman–Crippen LogP) is 4.98. The van der Waals surface area contributed by atoms with Crippen molar-refractivity contribution in [2.24, 2.45) is 0 Å². The average Bonchev–Trinajstić information content (AvgIpc) is 3.22. The molecule has 22 heavy (non-hydrogen) atoms. The molecule has 0 bridgehead atoms. The highest BCUT2D eigenvalue weighted by Gasteiger charge is 2.29. The van der Waals surface area contributed by atoms with Gasteiger partial charge in [-0.15, -0.1) is 11.8 Å². The molecule has 4 heteroatoms. The van der Waals surface area contributed by atoms with Gasteiger partial charge in [0.15, 0.2) is 0 Å². The Bertz CT molecular complexity index is 582. The van der Waals surface area contributed by atoms with E-state index in [4.69, 9.17) is 0 Å². The third kappa shape index (κ3) is 3.93. The number of hydrogen-bond acceptors (Lipinski definition) is 3. The van der Waals surface area contributed by atoms with Crippen LogP contribution in [0.3, 0.4) is 0 Å². The first-order valence-electron chi connectivity index (χ1n) is 7.84. The van der Waals surface area contributed by atoms with Crippen LogP contribution in [-0.2, 0) is 4.79 Å². The summed E-state index contributed by atoms with van der Waals surface area (Å²) < 4.78 is 0. The van der Waals surface area contributed by atoms with Crippen LogP contribution in [0.1, 0.15) is 37.3 Å². The van der Waals surface area contributed by atoms with Gasteiger partial charge in [-0.3, -0.25) is 4.79 Å². The number of nitrogens with zero attached hydrogens (tertiary/aromatic N) is 1. The molecule has 0 spiro atoms. The van der Waals surface area contributed by atoms with E-state index in [1.807, 2.05) is 17.8 Å². The number of likely N-dealkylation sites (tertiary alicyclic amines) is 1. The van der Waals surface area contributed by atoms with Gasteiger partial charge in [-0.1, -0.05) is 18.2 Å². The molecule has 3 rings (SSSR count). The Kier molecular flexibility index (Phi) is 5.57. The molecule has 2 aromatic rings. The molecule has 0 radical (unpaired) electrons. The van der Waals surface area contributed by atoms with Gasteiger partial charge in [0.25, 0.3) is 0 Å². The SMILES string of the molecule is O=C(CCCSc1ccccc1)N1CCC[C@H]1c1ccsc1. The van der Waals surface area contributed by atoms with Crippen molar-refractivity contribution in [3.05, 3.63) is 52.7 Å². The highest BCUT2D eigenvalue weighted by Crippen LogP contribution is 2.33. The number of benzene rings is 1. The van der Waals surface area contributed by atoms with Gasteiger partial charge in [-0.2, -0.15) is 11.3 Å². The number of carbonyl (C=O) groups is 1. The fourth-order valence-corrected chi connectivity index (χ4v) is 4.53. The second kappa shape index (κ2) is 7.84. The standard InChI is InChI=1S/C18H21NOS2/c20-18(9-5-12-22-16-6-2-1-3-7-16)19-11-4-8-17(19)15-10-13-21-14-15/h1-3,6-7,10,13-14,17H,4-5,8-9,11-12H2/t17-/m0/s1. The molecule has 2 nitrogen and oxygen atoms in total. The number of hydrogen-bond donors (Lipinski definition) is 0. The maximum Gasteiger partial charge on any atom is 0.223 e. The fraction of sp³-hybridized carbons (Fsp3) is 0.389. The Hall–Kier alpha value is -1.26. The summed E-state index contributed by atoms with van der Waals surface area (Å²) in [5, 5.41) is 4.29. The van der Waals surface area contributed by atoms with Crippen LogP contribution < -0.4 is 0 Å². The molecular formula is C18H21NOS2. The minimum Gasteiger partial charge on any atom is -0.336 e. The zero-order valence-electron chi connectivity index (χ0n) is 12.6. The zero-order valence-corrected chi connectivity index (χ0v) is 14.2. The van der Waals surface area contributed by atoms with Crippen LogP contribution in [0.5, 0.6) is 0 Å². The van der Waals surface area contributed by atoms with Crippen LogP contribution in [0, 0.1) is 0 Å². The molecule has 0 saturated carbocycles. The molecule has 1 aromatic heterocycles. The molecule has 1 fully saturated rings. The van der Waals surface area contributed by atoms with E-state index in [-0.39, 0.29) is 0 Å². The second-order valence-corrected chi connectivity index (χ2v) is 7.52. The lowest BCUT2D eigenvalue weighted by molar-refractivity contribution is -0.132. The third-order valence-corrected chi connectivity index (χ3v) is 5.85. The van der Waals surface area contributed by atoms with Gasteiger partial charge in [0.05, 0.1) is 6.04 Å². The molecule has 0 aliphatic carbocycles. The first kappa shape index (κ1) is 15.6. The summed E-state index contributed by atoms with van der Waals surface area (Å²) in [6.07, 6.45) is 3.86. The fourth-order valence-electron chi connectivity index (χ4n) is 2.95. The molecule has 0 N–H and O–H groups in total. The van der Waals surface area contributed by atoms with E-state index < -0.39 is 0 Å². The Balaban J connectivity index is 1.45. The van der Waals surface area contributed by atoms with Crippen LogP contribution in [-0.4, -0.2) is 23.1 Å². The molecule has 116 valence electrons. The Morgan fingerprint density at radius 2 is 2.14 bits per heavy atom. The van der Waals surface area contributed by atoms with Gasteiger partial charge in [-0.05, 0) is 59.5 Å². The van der Waals surface area contributed by atoms with E-state index in [1.165, 1.54) is 10.5 Å². The molecule has 1 aromatic carbocycles. The monoisotopic (exact) mass is 331 g/mol. The number of amides is 1. The maximum absolute atomic E-state index is 12.5. The lowest BCUT2D eigenvalue weighted by Gasteiger charge is -2.24. The number of rotatable bonds is 6. The van der Waals surface area contributed by atoms with E-state index in [1.54, 1.807) is 11.3 Å². The van der Waals surface area contributed by atoms with Crippen molar-refractivity contribution in [1.29, 1.82) is 0 Å². The summed E-state index contributed by atoms with van der Waals surface area (Å²) in [7, 11) is 0. The highest BCUT2D eigenvalue weighted by molar-refractivity contribution is 7.99. The van der Waals surface area contributed by atoms with Crippen LogP contribution in [0.4, 0.5) is 0 Å². The Morgan fingerprint density at radius 1 is 1.27 bits per heavy atom. The number of carbonyl (C=O) groups excluding carboxylic acids is 1. The minimum atomic E-state index is 0.320. The highest BCUT2D eigenvalue weighted by atomic mass is 32.2. The number of thiophene rings is 1. The van der Waals surface area contributed by atoms with E-state index in [2.05, 4.69) is 46.0 Å². The summed E-state index contributed by atoms with van der Waals surface area (Å²) in [5.74, 6) is 1.33. The van der Waals surface area contributed by atoms with Crippen molar-refractivity contribution in [1.82, 2.24) is 4.90 Å². The lowest BCUT2D eigenvalue weighted by Crippen LogP contribution is -2.30. The normalized spacial score (nSPS) is 17.8. The predicted molar refractivity (Wildman–Crippen MR) is 94.4 cm³/mol. The maximum atomic E-state index is 12.5. The van der Waals surface area contributed by atoms with E-state index >= 15 is 0 Å². The molecule has 1 aliphatic rings. The van der Waals surface area contributed by atoms with Crippen LogP contribution in [0.15, 0.2) is 52.1 Å². The van der Waals surface area contributed by atoms with Gasteiger partial charge in [-0.25, -0.2) is 0 Å². The summed E-state index contributed by atoms with van der Waals surface area (Å²) in [6, 6.07) is 12.9. The number of thioether (sulfide) groups is 1. The van der Waals surface area contributed by atoms with Gasteiger partial charge < -0.3 is 4.90 Å².